The van der Waals surface area contributed by atoms with E-state index in [1.54, 1.807) is 29.2 Å². The summed E-state index contributed by atoms with van der Waals surface area (Å²) in [6.45, 7) is 3.81. The summed E-state index contributed by atoms with van der Waals surface area (Å²) in [4.78, 5) is 26.4. The number of amides is 1. The van der Waals surface area contributed by atoms with Crippen LogP contribution in [0.25, 0.3) is 5.69 Å². The molecule has 0 bridgehead atoms. The van der Waals surface area contributed by atoms with Gasteiger partial charge in [-0.15, -0.1) is 0 Å². The summed E-state index contributed by atoms with van der Waals surface area (Å²) in [6, 6.07) is 7.76. The fourth-order valence-electron chi connectivity index (χ4n) is 2.33. The number of hydrogen-bond donors (Lipinski definition) is 0. The summed E-state index contributed by atoms with van der Waals surface area (Å²) in [7, 11) is 1.76. The summed E-state index contributed by atoms with van der Waals surface area (Å²) >= 11 is 0. The van der Waals surface area contributed by atoms with Crippen molar-refractivity contribution in [2.24, 2.45) is 0 Å². The molecule has 0 saturated carbocycles. The van der Waals surface area contributed by atoms with Gasteiger partial charge in [-0.1, -0.05) is 12.1 Å². The molecule has 3 rings (SSSR count). The van der Waals surface area contributed by atoms with Crippen LogP contribution in [0.2, 0.25) is 0 Å². The number of hydrogen-bond acceptors (Lipinski definition) is 5. The molecule has 1 amide bonds. The summed E-state index contributed by atoms with van der Waals surface area (Å²) in [5.41, 5.74) is 3.07. The van der Waals surface area contributed by atoms with E-state index in [4.69, 9.17) is 0 Å². The van der Waals surface area contributed by atoms with Gasteiger partial charge in [0.15, 0.2) is 0 Å². The van der Waals surface area contributed by atoms with Crippen LogP contribution in [0.4, 0.5) is 0 Å². The Labute approximate surface area is 140 Å². The number of nitrogens with zero attached hydrogens (tertiary/aromatic N) is 6. The van der Waals surface area contributed by atoms with Gasteiger partial charge >= 0.3 is 0 Å². The number of rotatable bonds is 4. The third-order valence-electron chi connectivity index (χ3n) is 3.96. The molecule has 0 N–H and O–H groups in total. The normalized spacial score (nSPS) is 12.0. The van der Waals surface area contributed by atoms with Crippen LogP contribution in [0.1, 0.15) is 34.7 Å². The lowest BCUT2D eigenvalue weighted by molar-refractivity contribution is 0.0736. The predicted octanol–water partition coefficient (Wildman–Crippen LogP) is 2.20. The molecular formula is C17H18N6O. The Kier molecular flexibility index (Phi) is 4.33. The van der Waals surface area contributed by atoms with Crippen LogP contribution < -0.4 is 0 Å². The predicted molar refractivity (Wildman–Crippen MR) is 88.6 cm³/mol. The highest BCUT2D eigenvalue weighted by molar-refractivity contribution is 5.92. The molecule has 0 aliphatic heterocycles. The molecule has 0 fully saturated rings. The molecule has 1 aromatic carbocycles. The van der Waals surface area contributed by atoms with Gasteiger partial charge in [0.1, 0.15) is 18.3 Å². The molecule has 7 nitrogen and oxygen atoms in total. The van der Waals surface area contributed by atoms with Gasteiger partial charge in [-0.3, -0.25) is 9.78 Å². The molecule has 3 aromatic rings. The first-order valence-corrected chi connectivity index (χ1v) is 7.57. The number of benzene rings is 1. The molecule has 0 spiro atoms. The third kappa shape index (κ3) is 3.15. The van der Waals surface area contributed by atoms with Crippen LogP contribution >= 0.6 is 0 Å². The van der Waals surface area contributed by atoms with E-state index in [2.05, 4.69) is 20.1 Å². The number of carbonyl (C=O) groups excluding carboxylic acids is 1. The Morgan fingerprint density at radius 2 is 1.92 bits per heavy atom. The van der Waals surface area contributed by atoms with Gasteiger partial charge in [-0.2, -0.15) is 5.10 Å². The molecule has 2 heterocycles. The monoisotopic (exact) mass is 322 g/mol. The van der Waals surface area contributed by atoms with E-state index >= 15 is 0 Å². The Bertz CT molecular complexity index is 811. The van der Waals surface area contributed by atoms with Crippen molar-refractivity contribution in [3.63, 3.8) is 0 Å². The van der Waals surface area contributed by atoms with Gasteiger partial charge in [0.25, 0.3) is 5.91 Å². The Balaban J connectivity index is 1.76. The zero-order valence-corrected chi connectivity index (χ0v) is 13.8. The first-order chi connectivity index (χ1) is 11.6. The fraction of sp³-hybridized carbons (Fsp3) is 0.235. The van der Waals surface area contributed by atoms with Gasteiger partial charge in [0.05, 0.1) is 23.6 Å². The highest BCUT2D eigenvalue weighted by Gasteiger charge is 2.20. The summed E-state index contributed by atoms with van der Waals surface area (Å²) in [5.74, 6) is -0.157. The minimum absolute atomic E-state index is 0.0922. The minimum Gasteiger partial charge on any atom is -0.334 e. The zero-order valence-electron chi connectivity index (χ0n) is 13.8. The smallest absolute Gasteiger partial charge is 0.274 e. The molecule has 0 aliphatic rings. The van der Waals surface area contributed by atoms with Gasteiger partial charge in [-0.25, -0.2) is 14.6 Å². The Morgan fingerprint density at radius 3 is 2.50 bits per heavy atom. The molecule has 0 aliphatic carbocycles. The average Bonchev–Trinajstić information content (AvgIpc) is 3.15. The lowest BCUT2D eigenvalue weighted by atomic mass is 10.1. The van der Waals surface area contributed by atoms with Crippen molar-refractivity contribution in [2.45, 2.75) is 19.9 Å². The maximum Gasteiger partial charge on any atom is 0.274 e. The number of aryl methyl sites for hydroxylation is 1. The number of carbonyl (C=O) groups is 1. The lowest BCUT2D eigenvalue weighted by Crippen LogP contribution is -2.30. The molecule has 1 unspecified atom stereocenters. The summed E-state index contributed by atoms with van der Waals surface area (Å²) in [6.07, 6.45) is 6.24. The molecule has 24 heavy (non-hydrogen) atoms. The highest BCUT2D eigenvalue weighted by Crippen LogP contribution is 2.21. The first-order valence-electron chi connectivity index (χ1n) is 7.57. The largest absolute Gasteiger partial charge is 0.334 e. The fourth-order valence-corrected chi connectivity index (χ4v) is 2.33. The molecule has 122 valence electrons. The number of aromatic nitrogens is 5. The summed E-state index contributed by atoms with van der Waals surface area (Å²) < 4.78 is 1.69. The van der Waals surface area contributed by atoms with Crippen molar-refractivity contribution < 1.29 is 4.79 Å². The van der Waals surface area contributed by atoms with Crippen LogP contribution in [0.5, 0.6) is 0 Å². The zero-order chi connectivity index (χ0) is 17.1. The van der Waals surface area contributed by atoms with Gasteiger partial charge < -0.3 is 4.90 Å². The van der Waals surface area contributed by atoms with E-state index < -0.39 is 0 Å². The van der Waals surface area contributed by atoms with Crippen LogP contribution in [0.3, 0.4) is 0 Å². The lowest BCUT2D eigenvalue weighted by Gasteiger charge is -2.25. The van der Waals surface area contributed by atoms with Gasteiger partial charge in [0, 0.05) is 13.2 Å². The molecule has 0 saturated heterocycles. The second-order valence-electron chi connectivity index (χ2n) is 5.57. The van der Waals surface area contributed by atoms with Gasteiger partial charge in [-0.05, 0) is 31.5 Å². The maximum absolute atomic E-state index is 12.5. The van der Waals surface area contributed by atoms with Crippen molar-refractivity contribution in [3.8, 4) is 5.69 Å². The van der Waals surface area contributed by atoms with Gasteiger partial charge in [0.2, 0.25) is 0 Å². The van der Waals surface area contributed by atoms with Crippen molar-refractivity contribution >= 4 is 5.91 Å². The molecule has 2 aromatic heterocycles. The van der Waals surface area contributed by atoms with E-state index in [-0.39, 0.29) is 11.9 Å². The minimum atomic E-state index is -0.157. The topological polar surface area (TPSA) is 76.8 Å². The van der Waals surface area contributed by atoms with E-state index in [1.807, 2.05) is 38.1 Å². The Morgan fingerprint density at radius 1 is 1.17 bits per heavy atom. The standard InChI is InChI=1S/C17H18N6O/c1-12-8-20-16(9-19-12)17(24)22(3)13(2)14-4-6-15(7-5-14)23-11-18-10-21-23/h4-11,13H,1-3H3. The van der Waals surface area contributed by atoms with Crippen molar-refractivity contribution in [1.29, 1.82) is 0 Å². The molecule has 7 heteroatoms. The molecule has 1 atom stereocenters. The van der Waals surface area contributed by atoms with E-state index in [0.717, 1.165) is 16.9 Å². The van der Waals surface area contributed by atoms with Crippen molar-refractivity contribution in [2.75, 3.05) is 7.05 Å². The first kappa shape index (κ1) is 15.8. The highest BCUT2D eigenvalue weighted by atomic mass is 16.2. The molecular weight excluding hydrogens is 304 g/mol. The van der Waals surface area contributed by atoms with Crippen LogP contribution in [-0.4, -0.2) is 42.6 Å². The SMILES string of the molecule is Cc1cnc(C(=O)N(C)C(C)c2ccc(-n3cncn3)cc2)cn1. The summed E-state index contributed by atoms with van der Waals surface area (Å²) in [5, 5.41) is 4.10. The van der Waals surface area contributed by atoms with Crippen molar-refractivity contribution in [1.82, 2.24) is 29.6 Å². The van der Waals surface area contributed by atoms with E-state index in [9.17, 15) is 4.79 Å². The maximum atomic E-state index is 12.5. The third-order valence-corrected chi connectivity index (χ3v) is 3.96. The van der Waals surface area contributed by atoms with Crippen LogP contribution in [0, 0.1) is 6.92 Å². The average molecular weight is 322 g/mol. The van der Waals surface area contributed by atoms with Crippen molar-refractivity contribution in [3.05, 3.63) is 66.3 Å². The second kappa shape index (κ2) is 6.57. The van der Waals surface area contributed by atoms with E-state index in [1.165, 1.54) is 12.5 Å². The van der Waals surface area contributed by atoms with E-state index in [0.29, 0.717) is 5.69 Å². The quantitative estimate of drug-likeness (QED) is 0.736. The molecule has 0 radical (unpaired) electrons. The second-order valence-corrected chi connectivity index (χ2v) is 5.57. The Hall–Kier alpha value is -3.09. The van der Waals surface area contributed by atoms with Crippen LogP contribution in [-0.2, 0) is 0 Å². The van der Waals surface area contributed by atoms with Crippen LogP contribution in [0.15, 0.2) is 49.3 Å².